The van der Waals surface area contributed by atoms with Gasteiger partial charge in [-0.05, 0) is 31.5 Å². The lowest BCUT2D eigenvalue weighted by atomic mass is 10.1. The Balaban J connectivity index is 2.31. The molecule has 2 N–H and O–H groups in total. The number of amides is 1. The van der Waals surface area contributed by atoms with Crippen LogP contribution in [0.3, 0.4) is 0 Å². The number of nitrogens with one attached hydrogen (secondary N) is 2. The largest absolute Gasteiger partial charge is 0.496 e. The molecule has 96 valence electrons. The third-order valence-electron chi connectivity index (χ3n) is 2.77. The van der Waals surface area contributed by atoms with Gasteiger partial charge < -0.3 is 15.0 Å². The predicted octanol–water partition coefficient (Wildman–Crippen LogP) is 2.24. The van der Waals surface area contributed by atoms with Crippen molar-refractivity contribution in [3.63, 3.8) is 0 Å². The van der Waals surface area contributed by atoms with E-state index in [-0.39, 0.29) is 11.9 Å². The zero-order valence-electron chi connectivity index (χ0n) is 10.9. The van der Waals surface area contributed by atoms with Crippen LogP contribution in [0.5, 0.6) is 5.75 Å². The van der Waals surface area contributed by atoms with Crippen LogP contribution in [0.15, 0.2) is 24.4 Å². The van der Waals surface area contributed by atoms with Crippen LogP contribution in [0, 0.1) is 0 Å². The van der Waals surface area contributed by atoms with Gasteiger partial charge in [-0.2, -0.15) is 0 Å². The third-order valence-corrected chi connectivity index (χ3v) is 2.77. The summed E-state index contributed by atoms with van der Waals surface area (Å²) in [6.07, 6.45) is 2.23. The number of carbonyl (C=O) groups is 1. The summed E-state index contributed by atoms with van der Waals surface area (Å²) >= 11 is 0. The summed E-state index contributed by atoms with van der Waals surface area (Å²) in [5.41, 5.74) is 1.95. The number of hydrogen-bond acceptors (Lipinski definition) is 2. The highest BCUT2D eigenvalue weighted by molar-refractivity contribution is 5.93. The van der Waals surface area contributed by atoms with Gasteiger partial charge >= 0.3 is 0 Å². The topological polar surface area (TPSA) is 54.1 Å². The van der Waals surface area contributed by atoms with E-state index in [1.54, 1.807) is 7.11 Å². The molecule has 0 bridgehead atoms. The van der Waals surface area contributed by atoms with Crippen LogP contribution >= 0.6 is 0 Å². The summed E-state index contributed by atoms with van der Waals surface area (Å²) < 4.78 is 5.34. The number of carbonyl (C=O) groups excluding carboxylic acids is 1. The van der Waals surface area contributed by atoms with Crippen LogP contribution in [0.4, 0.5) is 0 Å². The molecule has 0 aliphatic rings. The fourth-order valence-corrected chi connectivity index (χ4v) is 2.08. The second kappa shape index (κ2) is 5.12. The number of methoxy groups -OCH3 is 1. The molecule has 1 aromatic carbocycles. The second-order valence-corrected chi connectivity index (χ2v) is 4.60. The van der Waals surface area contributed by atoms with E-state index in [4.69, 9.17) is 4.74 Å². The minimum absolute atomic E-state index is 0.0248. The molecule has 0 aliphatic carbocycles. The molecule has 0 radical (unpaired) electrons. The van der Waals surface area contributed by atoms with E-state index in [1.807, 2.05) is 38.2 Å². The molecule has 0 atom stereocenters. The average molecular weight is 246 g/mol. The van der Waals surface area contributed by atoms with E-state index in [0.29, 0.717) is 6.42 Å². The molecule has 0 unspecified atom stereocenters. The number of benzene rings is 1. The van der Waals surface area contributed by atoms with Gasteiger partial charge in [-0.1, -0.05) is 6.07 Å². The van der Waals surface area contributed by atoms with Gasteiger partial charge in [-0.3, -0.25) is 4.79 Å². The first kappa shape index (κ1) is 12.5. The minimum atomic E-state index is 0.0248. The first-order chi connectivity index (χ1) is 8.61. The summed E-state index contributed by atoms with van der Waals surface area (Å²) in [7, 11) is 1.64. The fraction of sp³-hybridized carbons (Fsp3) is 0.357. The Morgan fingerprint density at radius 1 is 1.44 bits per heavy atom. The maximum absolute atomic E-state index is 11.8. The lowest BCUT2D eigenvalue weighted by molar-refractivity contribution is -0.120. The predicted molar refractivity (Wildman–Crippen MR) is 71.8 cm³/mol. The maximum atomic E-state index is 11.8. The highest BCUT2D eigenvalue weighted by Gasteiger charge is 2.12. The number of H-pyrrole nitrogens is 1. The molecule has 4 heteroatoms. The van der Waals surface area contributed by atoms with Crippen LogP contribution in [-0.2, 0) is 11.2 Å². The molecule has 18 heavy (non-hydrogen) atoms. The Morgan fingerprint density at radius 2 is 2.22 bits per heavy atom. The fourth-order valence-electron chi connectivity index (χ4n) is 2.08. The van der Waals surface area contributed by atoms with Crippen molar-refractivity contribution in [2.75, 3.05) is 7.11 Å². The quantitative estimate of drug-likeness (QED) is 0.869. The van der Waals surface area contributed by atoms with Crippen molar-refractivity contribution in [2.45, 2.75) is 26.3 Å². The van der Waals surface area contributed by atoms with Crippen LogP contribution in [0.1, 0.15) is 19.4 Å². The summed E-state index contributed by atoms with van der Waals surface area (Å²) in [5, 5.41) is 3.87. The second-order valence-electron chi connectivity index (χ2n) is 4.60. The molecule has 2 aromatic rings. The molecule has 1 heterocycles. The monoisotopic (exact) mass is 246 g/mol. The van der Waals surface area contributed by atoms with E-state index < -0.39 is 0 Å². The SMILES string of the molecule is COc1cccc2[nH]cc(CC(=O)NC(C)C)c12. The van der Waals surface area contributed by atoms with Crippen molar-refractivity contribution in [2.24, 2.45) is 0 Å². The number of ether oxygens (including phenoxy) is 1. The Morgan fingerprint density at radius 3 is 2.89 bits per heavy atom. The summed E-state index contributed by atoms with van der Waals surface area (Å²) in [5.74, 6) is 0.818. The molecule has 0 spiro atoms. The smallest absolute Gasteiger partial charge is 0.224 e. The molecular weight excluding hydrogens is 228 g/mol. The van der Waals surface area contributed by atoms with Gasteiger partial charge in [0.1, 0.15) is 5.75 Å². The first-order valence-electron chi connectivity index (χ1n) is 6.04. The van der Waals surface area contributed by atoms with Crippen molar-refractivity contribution >= 4 is 16.8 Å². The van der Waals surface area contributed by atoms with E-state index >= 15 is 0 Å². The van der Waals surface area contributed by atoms with E-state index in [1.165, 1.54) is 0 Å². The van der Waals surface area contributed by atoms with Crippen molar-refractivity contribution in [1.82, 2.24) is 10.3 Å². The van der Waals surface area contributed by atoms with E-state index in [0.717, 1.165) is 22.2 Å². The zero-order chi connectivity index (χ0) is 13.1. The van der Waals surface area contributed by atoms with Gasteiger partial charge in [0.25, 0.3) is 0 Å². The summed E-state index contributed by atoms with van der Waals surface area (Å²) in [4.78, 5) is 15.0. The number of fused-ring (bicyclic) bond motifs is 1. The van der Waals surface area contributed by atoms with Gasteiger partial charge in [-0.15, -0.1) is 0 Å². The maximum Gasteiger partial charge on any atom is 0.224 e. The van der Waals surface area contributed by atoms with Crippen LogP contribution in [0.2, 0.25) is 0 Å². The number of aromatic nitrogens is 1. The number of hydrogen-bond donors (Lipinski definition) is 2. The highest BCUT2D eigenvalue weighted by Crippen LogP contribution is 2.28. The molecular formula is C14H18N2O2. The van der Waals surface area contributed by atoms with Gasteiger partial charge in [-0.25, -0.2) is 0 Å². The standard InChI is InChI=1S/C14H18N2O2/c1-9(2)16-13(17)7-10-8-15-11-5-4-6-12(18-3)14(10)11/h4-6,8-9,15H,7H2,1-3H3,(H,16,17). The lowest BCUT2D eigenvalue weighted by Gasteiger charge is -2.08. The normalized spacial score (nSPS) is 10.9. The zero-order valence-corrected chi connectivity index (χ0v) is 10.9. The molecule has 4 nitrogen and oxygen atoms in total. The van der Waals surface area contributed by atoms with E-state index in [2.05, 4.69) is 10.3 Å². The first-order valence-corrected chi connectivity index (χ1v) is 6.04. The van der Waals surface area contributed by atoms with Gasteiger partial charge in [0.05, 0.1) is 13.5 Å². The van der Waals surface area contributed by atoms with Gasteiger partial charge in [0.15, 0.2) is 0 Å². The Kier molecular flexibility index (Phi) is 3.55. The lowest BCUT2D eigenvalue weighted by Crippen LogP contribution is -2.31. The molecule has 0 fully saturated rings. The molecule has 0 aliphatic heterocycles. The van der Waals surface area contributed by atoms with Crippen LogP contribution in [-0.4, -0.2) is 24.0 Å². The minimum Gasteiger partial charge on any atom is -0.496 e. The summed E-state index contributed by atoms with van der Waals surface area (Å²) in [6, 6.07) is 5.96. The van der Waals surface area contributed by atoms with Crippen molar-refractivity contribution < 1.29 is 9.53 Å². The Bertz CT molecular complexity index is 558. The highest BCUT2D eigenvalue weighted by atomic mass is 16.5. The van der Waals surface area contributed by atoms with Crippen molar-refractivity contribution in [3.05, 3.63) is 30.0 Å². The van der Waals surface area contributed by atoms with Crippen molar-refractivity contribution in [3.8, 4) is 5.75 Å². The molecule has 0 saturated carbocycles. The average Bonchev–Trinajstić information content (AvgIpc) is 2.71. The van der Waals surface area contributed by atoms with Gasteiger partial charge in [0.2, 0.25) is 5.91 Å². The Hall–Kier alpha value is -1.97. The van der Waals surface area contributed by atoms with Crippen LogP contribution in [0.25, 0.3) is 10.9 Å². The van der Waals surface area contributed by atoms with Crippen molar-refractivity contribution in [1.29, 1.82) is 0 Å². The number of aromatic amines is 1. The van der Waals surface area contributed by atoms with Crippen LogP contribution < -0.4 is 10.1 Å². The molecule has 1 aromatic heterocycles. The summed E-state index contributed by atoms with van der Waals surface area (Å²) in [6.45, 7) is 3.90. The molecule has 1 amide bonds. The van der Waals surface area contributed by atoms with E-state index in [9.17, 15) is 4.79 Å². The Labute approximate surface area is 106 Å². The molecule has 0 saturated heterocycles. The number of rotatable bonds is 4. The molecule has 2 rings (SSSR count). The van der Waals surface area contributed by atoms with Gasteiger partial charge in [0, 0.05) is 23.1 Å². The third kappa shape index (κ3) is 2.47.